The molecule has 3 rings (SSSR count). The first-order valence-electron chi connectivity index (χ1n) is 9.72. The lowest BCUT2D eigenvalue weighted by atomic mass is 10.1. The summed E-state index contributed by atoms with van der Waals surface area (Å²) in [5, 5.41) is 12.1. The molecule has 8 nitrogen and oxygen atoms in total. The molecule has 2 aromatic heterocycles. The highest BCUT2D eigenvalue weighted by molar-refractivity contribution is 6.02. The van der Waals surface area contributed by atoms with Crippen molar-refractivity contribution in [2.24, 2.45) is 0 Å². The van der Waals surface area contributed by atoms with Crippen molar-refractivity contribution in [2.45, 2.75) is 26.2 Å². The Balaban J connectivity index is 2.13. The fraction of sp³-hybridized carbons (Fsp3) is 0.429. The summed E-state index contributed by atoms with van der Waals surface area (Å²) in [5.74, 6) is -0.00988. The molecular formula is C21H25N5O3. The summed E-state index contributed by atoms with van der Waals surface area (Å²) < 4.78 is 6.38. The first kappa shape index (κ1) is 20.6. The Morgan fingerprint density at radius 2 is 2.14 bits per heavy atom. The Labute approximate surface area is 169 Å². The lowest BCUT2D eigenvalue weighted by Gasteiger charge is -2.29. The van der Waals surface area contributed by atoms with Gasteiger partial charge in [0.2, 0.25) is 0 Å². The molecule has 152 valence electrons. The monoisotopic (exact) mass is 395 g/mol. The van der Waals surface area contributed by atoms with Gasteiger partial charge in [0.1, 0.15) is 23.1 Å². The van der Waals surface area contributed by atoms with Gasteiger partial charge in [0.25, 0.3) is 11.5 Å². The predicted molar refractivity (Wildman–Crippen MR) is 111 cm³/mol. The third kappa shape index (κ3) is 4.46. The fourth-order valence-electron chi connectivity index (χ4n) is 3.43. The molecular weight excluding hydrogens is 370 g/mol. The summed E-state index contributed by atoms with van der Waals surface area (Å²) in [4.78, 5) is 32.5. The molecule has 0 aromatic carbocycles. The highest BCUT2D eigenvalue weighted by Crippen LogP contribution is 2.23. The molecule has 1 amide bonds. The van der Waals surface area contributed by atoms with E-state index >= 15 is 0 Å². The predicted octanol–water partition coefficient (Wildman–Crippen LogP) is 1.66. The standard InChI is InChI=1S/C21H25N5O3/c1-15-7-6-11-26-18(15)24-19(25-9-4-3-5-10-25)17(21(26)28)13-16(14-22)20(27)23-8-12-29-2/h6-7,11,13H,3-5,8-10,12H2,1-2H3,(H,23,27). The van der Waals surface area contributed by atoms with Crippen LogP contribution in [0.15, 0.2) is 28.7 Å². The average molecular weight is 395 g/mol. The van der Waals surface area contributed by atoms with Crippen molar-refractivity contribution in [3.63, 3.8) is 0 Å². The van der Waals surface area contributed by atoms with Gasteiger partial charge in [-0.15, -0.1) is 0 Å². The number of amides is 1. The highest BCUT2D eigenvalue weighted by atomic mass is 16.5. The number of carbonyl (C=O) groups excluding carboxylic acids is 1. The van der Waals surface area contributed by atoms with Crippen molar-refractivity contribution in [3.8, 4) is 6.07 Å². The second-order valence-corrected chi connectivity index (χ2v) is 7.01. The normalized spacial score (nSPS) is 14.7. The van der Waals surface area contributed by atoms with Crippen LogP contribution in [0.1, 0.15) is 30.4 Å². The number of pyridine rings is 1. The number of ether oxygens (including phenoxy) is 1. The summed E-state index contributed by atoms with van der Waals surface area (Å²) in [6.45, 7) is 4.10. The number of rotatable bonds is 6. The van der Waals surface area contributed by atoms with Crippen LogP contribution in [-0.4, -0.2) is 48.6 Å². The van der Waals surface area contributed by atoms with Crippen LogP contribution in [0.4, 0.5) is 5.82 Å². The molecule has 0 spiro atoms. The zero-order valence-corrected chi connectivity index (χ0v) is 16.8. The number of aromatic nitrogens is 2. The molecule has 0 atom stereocenters. The van der Waals surface area contributed by atoms with Crippen LogP contribution in [0.2, 0.25) is 0 Å². The molecule has 0 bridgehead atoms. The Bertz CT molecular complexity index is 1030. The minimum absolute atomic E-state index is 0.133. The molecule has 0 unspecified atom stereocenters. The summed E-state index contributed by atoms with van der Waals surface area (Å²) in [7, 11) is 1.53. The maximum Gasteiger partial charge on any atom is 0.267 e. The van der Waals surface area contributed by atoms with Gasteiger partial charge >= 0.3 is 0 Å². The molecule has 1 N–H and O–H groups in total. The van der Waals surface area contributed by atoms with E-state index in [1.54, 1.807) is 12.3 Å². The number of nitrogens with one attached hydrogen (secondary N) is 1. The van der Waals surface area contributed by atoms with Crippen molar-refractivity contribution in [3.05, 3.63) is 45.4 Å². The van der Waals surface area contributed by atoms with Gasteiger partial charge in [0, 0.05) is 32.9 Å². The Morgan fingerprint density at radius 1 is 1.38 bits per heavy atom. The van der Waals surface area contributed by atoms with Gasteiger partial charge in [-0.25, -0.2) is 4.98 Å². The van der Waals surface area contributed by atoms with Gasteiger partial charge in [-0.2, -0.15) is 5.26 Å². The van der Waals surface area contributed by atoms with Crippen molar-refractivity contribution >= 4 is 23.4 Å². The first-order chi connectivity index (χ1) is 14.1. The van der Waals surface area contributed by atoms with Gasteiger partial charge in [-0.05, 0) is 43.9 Å². The van der Waals surface area contributed by atoms with E-state index < -0.39 is 5.91 Å². The minimum Gasteiger partial charge on any atom is -0.383 e. The number of anilines is 1. The Hall–Kier alpha value is -3.18. The van der Waals surface area contributed by atoms with Crippen LogP contribution in [0, 0.1) is 18.3 Å². The smallest absolute Gasteiger partial charge is 0.267 e. The van der Waals surface area contributed by atoms with E-state index in [1.807, 2.05) is 19.1 Å². The lowest BCUT2D eigenvalue weighted by molar-refractivity contribution is -0.117. The fourth-order valence-corrected chi connectivity index (χ4v) is 3.43. The molecule has 1 fully saturated rings. The zero-order valence-electron chi connectivity index (χ0n) is 16.8. The first-order valence-corrected chi connectivity index (χ1v) is 9.72. The minimum atomic E-state index is -0.539. The highest BCUT2D eigenvalue weighted by Gasteiger charge is 2.21. The largest absolute Gasteiger partial charge is 0.383 e. The van der Waals surface area contributed by atoms with E-state index in [9.17, 15) is 14.9 Å². The van der Waals surface area contributed by atoms with Crippen molar-refractivity contribution < 1.29 is 9.53 Å². The third-order valence-corrected chi connectivity index (χ3v) is 4.97. The van der Waals surface area contributed by atoms with Crippen LogP contribution < -0.4 is 15.8 Å². The quantitative estimate of drug-likeness (QED) is 0.454. The number of carbonyl (C=O) groups is 1. The van der Waals surface area contributed by atoms with Gasteiger partial charge in [-0.3, -0.25) is 14.0 Å². The molecule has 1 aliphatic rings. The number of hydrogen-bond donors (Lipinski definition) is 1. The van der Waals surface area contributed by atoms with E-state index in [4.69, 9.17) is 9.72 Å². The molecule has 3 heterocycles. The number of piperidine rings is 1. The average Bonchev–Trinajstić information content (AvgIpc) is 2.74. The van der Waals surface area contributed by atoms with Crippen LogP contribution in [0.3, 0.4) is 0 Å². The number of nitriles is 1. The molecule has 0 radical (unpaired) electrons. The van der Waals surface area contributed by atoms with E-state index in [0.717, 1.165) is 37.9 Å². The molecule has 1 saturated heterocycles. The molecule has 8 heteroatoms. The van der Waals surface area contributed by atoms with Crippen LogP contribution in [0.25, 0.3) is 11.7 Å². The van der Waals surface area contributed by atoms with Gasteiger partial charge < -0.3 is 15.0 Å². The van der Waals surface area contributed by atoms with E-state index in [0.29, 0.717) is 18.1 Å². The maximum absolute atomic E-state index is 13.3. The SMILES string of the molecule is COCCNC(=O)C(C#N)=Cc1c(N2CCCCC2)nc2c(C)cccn2c1=O. The zero-order chi connectivity index (χ0) is 20.8. The van der Waals surface area contributed by atoms with E-state index in [2.05, 4.69) is 10.2 Å². The molecule has 2 aromatic rings. The van der Waals surface area contributed by atoms with Crippen LogP contribution >= 0.6 is 0 Å². The molecule has 0 saturated carbocycles. The molecule has 1 aliphatic heterocycles. The van der Waals surface area contributed by atoms with Gasteiger partial charge in [0.05, 0.1) is 12.2 Å². The van der Waals surface area contributed by atoms with Gasteiger partial charge in [0.15, 0.2) is 0 Å². The Kier molecular flexibility index (Phi) is 6.62. The van der Waals surface area contributed by atoms with Gasteiger partial charge in [-0.1, -0.05) is 6.07 Å². The number of nitrogens with zero attached hydrogens (tertiary/aromatic N) is 4. The number of fused-ring (bicyclic) bond motifs is 1. The molecule has 29 heavy (non-hydrogen) atoms. The van der Waals surface area contributed by atoms with E-state index in [1.165, 1.54) is 17.6 Å². The topological polar surface area (TPSA) is 99.7 Å². The van der Waals surface area contributed by atoms with E-state index in [-0.39, 0.29) is 23.2 Å². The van der Waals surface area contributed by atoms with Crippen molar-refractivity contribution in [1.82, 2.24) is 14.7 Å². The second kappa shape index (κ2) is 9.34. The number of aryl methyl sites for hydroxylation is 1. The number of hydrogen-bond acceptors (Lipinski definition) is 6. The van der Waals surface area contributed by atoms with Crippen LogP contribution in [-0.2, 0) is 9.53 Å². The molecule has 0 aliphatic carbocycles. The van der Waals surface area contributed by atoms with Crippen molar-refractivity contribution in [2.75, 3.05) is 38.3 Å². The lowest BCUT2D eigenvalue weighted by Crippen LogP contribution is -2.34. The van der Waals surface area contributed by atoms with Crippen molar-refractivity contribution in [1.29, 1.82) is 5.26 Å². The summed E-state index contributed by atoms with van der Waals surface area (Å²) in [6.07, 6.45) is 6.18. The summed E-state index contributed by atoms with van der Waals surface area (Å²) in [5.41, 5.74) is 1.30. The third-order valence-electron chi connectivity index (χ3n) is 4.97. The number of methoxy groups -OCH3 is 1. The van der Waals surface area contributed by atoms with Crippen LogP contribution in [0.5, 0.6) is 0 Å². The maximum atomic E-state index is 13.3. The Morgan fingerprint density at radius 3 is 2.83 bits per heavy atom. The summed E-state index contributed by atoms with van der Waals surface area (Å²) in [6, 6.07) is 5.59. The second-order valence-electron chi connectivity index (χ2n) is 7.01. The summed E-state index contributed by atoms with van der Waals surface area (Å²) >= 11 is 0.